The van der Waals surface area contributed by atoms with Crippen molar-refractivity contribution in [2.24, 2.45) is 7.05 Å². The molecule has 3 rings (SSSR count). The SMILES string of the molecule is CC(C)NC(=O)CN1CCc2c(cccc2Nc2cnn(C)c(=O)c2Cl)C1. The number of halogens is 1. The van der Waals surface area contributed by atoms with Gasteiger partial charge in [0.1, 0.15) is 5.02 Å². The van der Waals surface area contributed by atoms with Gasteiger partial charge in [0.05, 0.1) is 18.4 Å². The first-order valence-electron chi connectivity index (χ1n) is 8.96. The summed E-state index contributed by atoms with van der Waals surface area (Å²) in [5.41, 5.74) is 3.41. The van der Waals surface area contributed by atoms with Crippen LogP contribution in [0.25, 0.3) is 0 Å². The Hall–Kier alpha value is -2.38. The van der Waals surface area contributed by atoms with Crippen LogP contribution in [0.2, 0.25) is 5.02 Å². The zero-order valence-electron chi connectivity index (χ0n) is 15.8. The number of aryl methyl sites for hydroxylation is 1. The van der Waals surface area contributed by atoms with Crippen LogP contribution in [0.4, 0.5) is 11.4 Å². The third-order valence-corrected chi connectivity index (χ3v) is 4.87. The molecule has 0 atom stereocenters. The Morgan fingerprint density at radius 1 is 1.33 bits per heavy atom. The molecule has 8 heteroatoms. The van der Waals surface area contributed by atoms with E-state index in [0.29, 0.717) is 18.8 Å². The van der Waals surface area contributed by atoms with Gasteiger partial charge in [-0.1, -0.05) is 23.7 Å². The molecule has 0 radical (unpaired) electrons. The Kier molecular flexibility index (Phi) is 5.82. The number of hydrogen-bond donors (Lipinski definition) is 2. The van der Waals surface area contributed by atoms with Crippen molar-refractivity contribution in [3.8, 4) is 0 Å². The van der Waals surface area contributed by atoms with E-state index in [4.69, 9.17) is 11.6 Å². The maximum atomic E-state index is 12.0. The molecule has 7 nitrogen and oxygen atoms in total. The van der Waals surface area contributed by atoms with Gasteiger partial charge in [0.2, 0.25) is 5.91 Å². The number of amides is 1. The zero-order chi connectivity index (χ0) is 19.6. The molecule has 0 fully saturated rings. The second kappa shape index (κ2) is 8.10. The molecule has 0 bridgehead atoms. The molecule has 144 valence electrons. The second-order valence-corrected chi connectivity index (χ2v) is 7.43. The highest BCUT2D eigenvalue weighted by molar-refractivity contribution is 6.33. The predicted octanol–water partition coefficient (Wildman–Crippen LogP) is 2.06. The summed E-state index contributed by atoms with van der Waals surface area (Å²) < 4.78 is 1.20. The Morgan fingerprint density at radius 2 is 2.11 bits per heavy atom. The maximum absolute atomic E-state index is 12.0. The van der Waals surface area contributed by atoms with Crippen molar-refractivity contribution in [1.82, 2.24) is 20.0 Å². The highest BCUT2D eigenvalue weighted by Crippen LogP contribution is 2.29. The summed E-state index contributed by atoms with van der Waals surface area (Å²) in [6.07, 6.45) is 2.36. The van der Waals surface area contributed by atoms with E-state index in [-0.39, 0.29) is 22.5 Å². The Balaban J connectivity index is 1.77. The van der Waals surface area contributed by atoms with E-state index in [1.54, 1.807) is 13.2 Å². The number of hydrogen-bond acceptors (Lipinski definition) is 5. The number of aromatic nitrogens is 2. The van der Waals surface area contributed by atoms with Crippen LogP contribution >= 0.6 is 11.6 Å². The highest BCUT2D eigenvalue weighted by Gasteiger charge is 2.21. The number of carbonyl (C=O) groups excluding carboxylic acids is 1. The van der Waals surface area contributed by atoms with Gasteiger partial charge in [0, 0.05) is 31.9 Å². The Morgan fingerprint density at radius 3 is 2.85 bits per heavy atom. The number of rotatable bonds is 5. The monoisotopic (exact) mass is 389 g/mol. The molecule has 2 heterocycles. The molecule has 1 amide bonds. The van der Waals surface area contributed by atoms with Gasteiger partial charge in [-0.2, -0.15) is 5.10 Å². The van der Waals surface area contributed by atoms with Crippen molar-refractivity contribution >= 4 is 28.9 Å². The number of nitrogens with zero attached hydrogens (tertiary/aromatic N) is 3. The minimum atomic E-state index is -0.339. The summed E-state index contributed by atoms with van der Waals surface area (Å²) >= 11 is 6.16. The van der Waals surface area contributed by atoms with Crippen LogP contribution in [0.1, 0.15) is 25.0 Å². The van der Waals surface area contributed by atoms with Crippen molar-refractivity contribution < 1.29 is 4.79 Å². The van der Waals surface area contributed by atoms with E-state index in [1.165, 1.54) is 10.2 Å². The van der Waals surface area contributed by atoms with Gasteiger partial charge in [0.15, 0.2) is 0 Å². The maximum Gasteiger partial charge on any atom is 0.287 e. The molecular weight excluding hydrogens is 366 g/mol. The number of benzene rings is 1. The van der Waals surface area contributed by atoms with Crippen LogP contribution in [0.15, 0.2) is 29.2 Å². The lowest BCUT2D eigenvalue weighted by atomic mass is 9.97. The number of anilines is 2. The highest BCUT2D eigenvalue weighted by atomic mass is 35.5. The molecule has 0 aliphatic carbocycles. The van der Waals surface area contributed by atoms with E-state index in [2.05, 4.69) is 26.7 Å². The van der Waals surface area contributed by atoms with Crippen molar-refractivity contribution in [3.63, 3.8) is 0 Å². The van der Waals surface area contributed by atoms with E-state index >= 15 is 0 Å². The molecule has 1 aromatic heterocycles. The molecule has 0 saturated heterocycles. The van der Waals surface area contributed by atoms with Crippen LogP contribution in [-0.2, 0) is 24.8 Å². The first kappa shape index (κ1) is 19.4. The van der Waals surface area contributed by atoms with Crippen LogP contribution in [0.5, 0.6) is 0 Å². The van der Waals surface area contributed by atoms with Crippen LogP contribution in [0, 0.1) is 0 Å². The van der Waals surface area contributed by atoms with E-state index in [1.807, 2.05) is 26.0 Å². The average Bonchev–Trinajstić information content (AvgIpc) is 2.61. The molecule has 2 N–H and O–H groups in total. The lowest BCUT2D eigenvalue weighted by molar-refractivity contribution is -0.122. The van der Waals surface area contributed by atoms with Crippen LogP contribution < -0.4 is 16.2 Å². The normalized spacial score (nSPS) is 14.1. The van der Waals surface area contributed by atoms with Gasteiger partial charge >= 0.3 is 0 Å². The van der Waals surface area contributed by atoms with Gasteiger partial charge in [-0.05, 0) is 37.5 Å². The third kappa shape index (κ3) is 4.48. The van der Waals surface area contributed by atoms with E-state index in [0.717, 1.165) is 24.2 Å². The minimum absolute atomic E-state index is 0.0423. The van der Waals surface area contributed by atoms with Gasteiger partial charge in [-0.3, -0.25) is 14.5 Å². The molecule has 2 aromatic rings. The quantitative estimate of drug-likeness (QED) is 0.818. The lowest BCUT2D eigenvalue weighted by Gasteiger charge is -2.30. The standard InChI is InChI=1S/C19H24ClN5O2/c1-12(2)22-17(26)11-25-8-7-14-13(10-25)5-4-6-15(14)23-16-9-21-24(3)19(27)18(16)20/h4-6,9,12,23H,7-8,10-11H2,1-3H3,(H,22,26). The van der Waals surface area contributed by atoms with Gasteiger partial charge in [-0.25, -0.2) is 4.68 Å². The van der Waals surface area contributed by atoms with Crippen molar-refractivity contribution in [2.75, 3.05) is 18.4 Å². The number of fused-ring (bicyclic) bond motifs is 1. The molecule has 1 aliphatic rings. The number of carbonyl (C=O) groups is 1. The smallest absolute Gasteiger partial charge is 0.287 e. The topological polar surface area (TPSA) is 79.3 Å². The Bertz CT molecular complexity index is 909. The minimum Gasteiger partial charge on any atom is -0.353 e. The summed E-state index contributed by atoms with van der Waals surface area (Å²) in [5.74, 6) is 0.0423. The molecule has 1 aliphatic heterocycles. The first-order valence-corrected chi connectivity index (χ1v) is 9.34. The van der Waals surface area contributed by atoms with Gasteiger partial charge in [0.25, 0.3) is 5.56 Å². The summed E-state index contributed by atoms with van der Waals surface area (Å²) in [6, 6.07) is 6.13. The fraction of sp³-hybridized carbons (Fsp3) is 0.421. The summed E-state index contributed by atoms with van der Waals surface area (Å²) in [6.45, 7) is 5.80. The molecular formula is C19H24ClN5O2. The zero-order valence-corrected chi connectivity index (χ0v) is 16.5. The predicted molar refractivity (Wildman–Crippen MR) is 106 cm³/mol. The van der Waals surface area contributed by atoms with E-state index < -0.39 is 0 Å². The fourth-order valence-corrected chi connectivity index (χ4v) is 3.45. The Labute approximate surface area is 163 Å². The molecule has 0 saturated carbocycles. The number of nitrogens with one attached hydrogen (secondary N) is 2. The van der Waals surface area contributed by atoms with Crippen molar-refractivity contribution in [3.05, 3.63) is 50.9 Å². The fourth-order valence-electron chi connectivity index (χ4n) is 3.23. The summed E-state index contributed by atoms with van der Waals surface area (Å²) in [5, 5.41) is 10.3. The van der Waals surface area contributed by atoms with Crippen molar-refractivity contribution in [2.45, 2.75) is 32.9 Å². The second-order valence-electron chi connectivity index (χ2n) is 7.05. The lowest BCUT2D eigenvalue weighted by Crippen LogP contribution is -2.42. The molecule has 0 unspecified atom stereocenters. The largest absolute Gasteiger partial charge is 0.353 e. The third-order valence-electron chi connectivity index (χ3n) is 4.51. The van der Waals surface area contributed by atoms with Gasteiger partial charge < -0.3 is 10.6 Å². The van der Waals surface area contributed by atoms with Crippen molar-refractivity contribution in [1.29, 1.82) is 0 Å². The average molecular weight is 390 g/mol. The summed E-state index contributed by atoms with van der Waals surface area (Å²) in [7, 11) is 1.56. The van der Waals surface area contributed by atoms with Crippen LogP contribution in [-0.4, -0.2) is 39.7 Å². The first-order chi connectivity index (χ1) is 12.8. The molecule has 1 aromatic carbocycles. The van der Waals surface area contributed by atoms with Crippen LogP contribution in [0.3, 0.4) is 0 Å². The summed E-state index contributed by atoms with van der Waals surface area (Å²) in [4.78, 5) is 26.1. The molecule has 0 spiro atoms. The van der Waals surface area contributed by atoms with Gasteiger partial charge in [-0.15, -0.1) is 0 Å². The van der Waals surface area contributed by atoms with E-state index in [9.17, 15) is 9.59 Å². The molecule has 27 heavy (non-hydrogen) atoms.